The maximum atomic E-state index is 9.24. The minimum atomic E-state index is -0.281. The van der Waals surface area contributed by atoms with Gasteiger partial charge >= 0.3 is 0 Å². The van der Waals surface area contributed by atoms with Gasteiger partial charge in [-0.2, -0.15) is 0 Å². The molecular weight excluding hydrogens is 395 g/mol. The van der Waals surface area contributed by atoms with Crippen molar-refractivity contribution in [2.45, 2.75) is 19.3 Å². The molecule has 0 spiro atoms. The summed E-state index contributed by atoms with van der Waals surface area (Å²) in [5.41, 5.74) is 4.05. The maximum Gasteiger partial charge on any atom is 0.140 e. The predicted octanol–water partition coefficient (Wildman–Crippen LogP) is 3.52. The number of hydrogen-bond acceptors (Lipinski definition) is 3. The van der Waals surface area contributed by atoms with E-state index in [1.807, 2.05) is 12.1 Å². The number of nitrogens with zero attached hydrogens (tertiary/aromatic N) is 1. The van der Waals surface area contributed by atoms with Crippen LogP contribution in [0.25, 0.3) is 0 Å². The average Bonchev–Trinajstić information content (AvgIpc) is 2.60. The van der Waals surface area contributed by atoms with Crippen LogP contribution in [0.15, 0.2) is 27.7 Å². The molecule has 1 heterocycles. The largest absolute Gasteiger partial charge is 0.290 e. The summed E-state index contributed by atoms with van der Waals surface area (Å²) in [7, 11) is 0. The van der Waals surface area contributed by atoms with Gasteiger partial charge in [-0.05, 0) is 39.1 Å². The summed E-state index contributed by atoms with van der Waals surface area (Å²) in [4.78, 5) is 4.44. The zero-order chi connectivity index (χ0) is 12.5. The Morgan fingerprint density at radius 3 is 3.00 bits per heavy atom. The second-order valence-corrected chi connectivity index (χ2v) is 7.91. The normalized spacial score (nSPS) is 23.2. The lowest BCUT2D eigenvalue weighted by Gasteiger charge is -2.22. The van der Waals surface area contributed by atoms with Crippen LogP contribution in [0.2, 0.25) is 0 Å². The highest BCUT2D eigenvalue weighted by molar-refractivity contribution is 14.2. The average molecular weight is 409 g/mol. The van der Waals surface area contributed by atoms with Crippen molar-refractivity contribution in [3.63, 3.8) is 0 Å². The first-order chi connectivity index (χ1) is 8.11. The number of hydroxylamine groups is 1. The number of halogens is 2. The topological polar surface area (TPSA) is 44.6 Å². The van der Waals surface area contributed by atoms with E-state index in [9.17, 15) is 5.21 Å². The first-order valence-corrected chi connectivity index (χ1v) is 8.89. The molecule has 2 rings (SSSR count). The SMILES string of the molecule is CCI=CC1(C)C(NO)=Nc2ccc(Br)cc21. The zero-order valence-electron chi connectivity index (χ0n) is 9.67. The van der Waals surface area contributed by atoms with E-state index in [2.05, 4.69) is 50.3 Å². The Hall–Kier alpha value is -0.270. The van der Waals surface area contributed by atoms with Gasteiger partial charge in [0.05, 0.1) is 11.1 Å². The number of fused-ring (bicyclic) bond motifs is 1. The Morgan fingerprint density at radius 1 is 1.59 bits per heavy atom. The van der Waals surface area contributed by atoms with Crippen molar-refractivity contribution in [2.24, 2.45) is 4.99 Å². The fraction of sp³-hybridized carbons (Fsp3) is 0.333. The summed E-state index contributed by atoms with van der Waals surface area (Å²) < 4.78 is 4.54. The summed E-state index contributed by atoms with van der Waals surface area (Å²) in [6, 6.07) is 6.02. The standard InChI is InChI=1S/C12H14BrIN2O/c1-3-14-7-12(2)9-6-8(13)4-5-10(9)15-11(12)16-17/h4-7,17H,3H2,1-2H3,(H,15,16). The van der Waals surface area contributed by atoms with Gasteiger partial charge in [-0.3, -0.25) is 10.7 Å². The molecule has 0 radical (unpaired) electrons. The van der Waals surface area contributed by atoms with Crippen LogP contribution >= 0.6 is 36.7 Å². The second-order valence-electron chi connectivity index (χ2n) is 3.97. The van der Waals surface area contributed by atoms with Crippen LogP contribution in [0.4, 0.5) is 5.69 Å². The first kappa shape index (κ1) is 13.2. The summed E-state index contributed by atoms with van der Waals surface area (Å²) in [6.07, 6.45) is 0. The van der Waals surface area contributed by atoms with Gasteiger partial charge in [0.1, 0.15) is 5.84 Å². The molecule has 0 bridgehead atoms. The van der Waals surface area contributed by atoms with Gasteiger partial charge in [0.25, 0.3) is 0 Å². The molecule has 1 unspecified atom stereocenters. The minimum absolute atomic E-state index is 0.0239. The Morgan fingerprint density at radius 2 is 2.35 bits per heavy atom. The highest BCUT2D eigenvalue weighted by atomic mass is 127. The Balaban J connectivity index is 2.55. The molecule has 1 aliphatic heterocycles. The summed E-state index contributed by atoms with van der Waals surface area (Å²) in [5, 5.41) is 9.24. The van der Waals surface area contributed by atoms with Crippen LogP contribution in [-0.4, -0.2) is 19.5 Å². The fourth-order valence-electron chi connectivity index (χ4n) is 1.87. The van der Waals surface area contributed by atoms with Gasteiger partial charge < -0.3 is 0 Å². The van der Waals surface area contributed by atoms with Gasteiger partial charge in [-0.15, -0.1) is 20.7 Å². The maximum absolute atomic E-state index is 9.24. The number of aliphatic imine (C=N–C) groups is 1. The lowest BCUT2D eigenvalue weighted by molar-refractivity contribution is 0.229. The smallest absolute Gasteiger partial charge is 0.140 e. The van der Waals surface area contributed by atoms with Crippen molar-refractivity contribution in [3.8, 4) is 0 Å². The van der Waals surface area contributed by atoms with Gasteiger partial charge in [0.15, 0.2) is 0 Å². The van der Waals surface area contributed by atoms with E-state index >= 15 is 0 Å². The van der Waals surface area contributed by atoms with Gasteiger partial charge in [-0.25, -0.2) is 4.99 Å². The molecule has 1 aromatic carbocycles. The number of benzene rings is 1. The summed E-state index contributed by atoms with van der Waals surface area (Å²) in [5.74, 6) is 0.624. The van der Waals surface area contributed by atoms with Crippen molar-refractivity contribution in [1.29, 1.82) is 0 Å². The van der Waals surface area contributed by atoms with Crippen LogP contribution in [0, 0.1) is 0 Å². The second kappa shape index (κ2) is 5.16. The molecular formula is C12H14BrIN2O. The van der Waals surface area contributed by atoms with E-state index in [1.165, 1.54) is 4.43 Å². The molecule has 1 aliphatic rings. The molecule has 5 heteroatoms. The lowest BCUT2D eigenvalue weighted by atomic mass is 9.85. The molecule has 92 valence electrons. The Kier molecular flexibility index (Phi) is 3.99. The van der Waals surface area contributed by atoms with Gasteiger partial charge in [0, 0.05) is 4.47 Å². The van der Waals surface area contributed by atoms with E-state index < -0.39 is 0 Å². The molecule has 0 saturated heterocycles. The molecule has 17 heavy (non-hydrogen) atoms. The van der Waals surface area contributed by atoms with Crippen LogP contribution < -0.4 is 5.48 Å². The first-order valence-electron chi connectivity index (χ1n) is 5.33. The number of amidine groups is 1. The Labute approximate surface area is 119 Å². The van der Waals surface area contributed by atoms with Crippen molar-refractivity contribution < 1.29 is 5.21 Å². The molecule has 3 nitrogen and oxygen atoms in total. The third-order valence-electron chi connectivity index (χ3n) is 2.80. The highest BCUT2D eigenvalue weighted by Gasteiger charge is 2.37. The van der Waals surface area contributed by atoms with Crippen molar-refractivity contribution in [1.82, 2.24) is 5.48 Å². The van der Waals surface area contributed by atoms with E-state index in [-0.39, 0.29) is 26.1 Å². The van der Waals surface area contributed by atoms with E-state index in [0.717, 1.165) is 15.7 Å². The summed E-state index contributed by atoms with van der Waals surface area (Å²) >= 11 is 3.51. The molecule has 0 aromatic heterocycles. The number of hydrogen-bond donors (Lipinski definition) is 2. The molecule has 0 aliphatic carbocycles. The molecule has 0 saturated carbocycles. The molecule has 0 amide bonds. The monoisotopic (exact) mass is 408 g/mol. The molecule has 0 fully saturated rings. The number of alkyl halides is 1. The minimum Gasteiger partial charge on any atom is -0.290 e. The van der Waals surface area contributed by atoms with Crippen LogP contribution in [0.5, 0.6) is 0 Å². The van der Waals surface area contributed by atoms with E-state index in [1.54, 1.807) is 0 Å². The van der Waals surface area contributed by atoms with Crippen LogP contribution in [-0.2, 0) is 5.41 Å². The molecule has 1 aromatic rings. The van der Waals surface area contributed by atoms with Crippen LogP contribution in [0.3, 0.4) is 0 Å². The summed E-state index contributed by atoms with van der Waals surface area (Å²) in [6.45, 7) is 4.29. The molecule has 1 atom stereocenters. The van der Waals surface area contributed by atoms with E-state index in [0.29, 0.717) is 5.84 Å². The van der Waals surface area contributed by atoms with Gasteiger partial charge in [0.2, 0.25) is 0 Å². The third-order valence-corrected chi connectivity index (χ3v) is 5.86. The van der Waals surface area contributed by atoms with Gasteiger partial charge in [-0.1, -0.05) is 22.9 Å². The quantitative estimate of drug-likeness (QED) is 0.446. The number of nitrogens with one attached hydrogen (secondary N) is 1. The van der Waals surface area contributed by atoms with Crippen molar-refractivity contribution in [3.05, 3.63) is 28.2 Å². The van der Waals surface area contributed by atoms with Crippen molar-refractivity contribution >= 4 is 52.2 Å². The zero-order valence-corrected chi connectivity index (χ0v) is 13.4. The van der Waals surface area contributed by atoms with Crippen LogP contribution in [0.1, 0.15) is 19.4 Å². The molecule has 2 N–H and O–H groups in total. The Bertz CT molecular complexity index is 501. The highest BCUT2D eigenvalue weighted by Crippen LogP contribution is 2.40. The lowest BCUT2D eigenvalue weighted by Crippen LogP contribution is -2.39. The van der Waals surface area contributed by atoms with Crippen molar-refractivity contribution in [2.75, 3.05) is 4.43 Å². The fourth-order valence-corrected chi connectivity index (χ4v) is 4.18. The number of rotatable bonds is 2. The van der Waals surface area contributed by atoms with E-state index in [4.69, 9.17) is 0 Å². The third kappa shape index (κ3) is 2.32. The predicted molar refractivity (Wildman–Crippen MR) is 84.1 cm³/mol.